The number of nitrogens with one attached hydrogen (secondary N) is 2. The van der Waals surface area contributed by atoms with Crippen LogP contribution < -0.4 is 10.6 Å². The number of nitrogens with zero attached hydrogens (tertiary/aromatic N) is 2. The van der Waals surface area contributed by atoms with Crippen molar-refractivity contribution >= 4 is 34.9 Å². The van der Waals surface area contributed by atoms with Crippen LogP contribution in [-0.4, -0.2) is 34.4 Å². The van der Waals surface area contributed by atoms with Crippen LogP contribution in [0.2, 0.25) is 5.02 Å². The van der Waals surface area contributed by atoms with Gasteiger partial charge in [-0.2, -0.15) is 13.9 Å². The molecule has 0 radical (unpaired) electrons. The number of halogens is 4. The average Bonchev–Trinajstić information content (AvgIpc) is 3.02. The molecule has 1 aromatic carbocycles. The Morgan fingerprint density at radius 1 is 1.56 bits per heavy atom. The first kappa shape index (κ1) is 20.1. The molecule has 2 N–H and O–H groups in total. The number of morpholine rings is 1. The minimum Gasteiger partial charge on any atom is -0.379 e. The second-order valence-electron chi connectivity index (χ2n) is 6.46. The predicted octanol–water partition coefficient (Wildman–Crippen LogP) is 3.89. The molecule has 10 heteroatoms. The van der Waals surface area contributed by atoms with Crippen molar-refractivity contribution < 1.29 is 17.9 Å². The van der Waals surface area contributed by atoms with Crippen molar-refractivity contribution in [3.63, 3.8) is 0 Å². The van der Waals surface area contributed by atoms with E-state index in [-0.39, 0.29) is 35.7 Å². The van der Waals surface area contributed by atoms with E-state index in [2.05, 4.69) is 15.7 Å². The second kappa shape index (κ2) is 8.14. The van der Waals surface area contributed by atoms with Crippen LogP contribution >= 0.6 is 23.8 Å². The molecule has 0 spiro atoms. The maximum atomic E-state index is 14.5. The van der Waals surface area contributed by atoms with E-state index in [1.165, 1.54) is 6.07 Å². The Labute approximate surface area is 164 Å². The van der Waals surface area contributed by atoms with Gasteiger partial charge in [0.2, 0.25) is 0 Å². The van der Waals surface area contributed by atoms with Crippen LogP contribution in [0.3, 0.4) is 0 Å². The molecule has 146 valence electrons. The van der Waals surface area contributed by atoms with Gasteiger partial charge in [-0.25, -0.2) is 9.07 Å². The molecule has 0 bridgehead atoms. The number of rotatable bonds is 6. The molecule has 2 heterocycles. The summed E-state index contributed by atoms with van der Waals surface area (Å²) in [5.74, 6) is -0.385. The van der Waals surface area contributed by atoms with E-state index in [1.54, 1.807) is 17.5 Å². The summed E-state index contributed by atoms with van der Waals surface area (Å²) in [5, 5.41) is 11.7. The van der Waals surface area contributed by atoms with E-state index >= 15 is 0 Å². The number of alkyl halides is 2. The molecule has 0 aliphatic carbocycles. The quantitative estimate of drug-likeness (QED) is 0.697. The smallest absolute Gasteiger partial charge is 0.333 e. The molecule has 0 amide bonds. The van der Waals surface area contributed by atoms with Crippen molar-refractivity contribution in [2.24, 2.45) is 0 Å². The number of anilines is 1. The van der Waals surface area contributed by atoms with Gasteiger partial charge in [-0.05, 0) is 30.5 Å². The molecule has 5 nitrogen and oxygen atoms in total. The second-order valence-corrected chi connectivity index (χ2v) is 7.14. The zero-order valence-electron chi connectivity index (χ0n) is 14.4. The third-order valence-corrected chi connectivity index (χ3v) is 4.98. The van der Waals surface area contributed by atoms with E-state index in [1.807, 2.05) is 6.92 Å². The summed E-state index contributed by atoms with van der Waals surface area (Å²) >= 11 is 10.9. The molecule has 1 aromatic heterocycles. The van der Waals surface area contributed by atoms with E-state index in [4.69, 9.17) is 28.6 Å². The summed E-state index contributed by atoms with van der Waals surface area (Å²) in [6.45, 7) is -0.0874. The van der Waals surface area contributed by atoms with Crippen molar-refractivity contribution in [1.82, 2.24) is 15.1 Å². The molecule has 3 rings (SSSR count). The van der Waals surface area contributed by atoms with Crippen molar-refractivity contribution in [3.8, 4) is 0 Å². The zero-order chi connectivity index (χ0) is 19.6. The summed E-state index contributed by atoms with van der Waals surface area (Å²) in [4.78, 5) is 0. The fourth-order valence-electron chi connectivity index (χ4n) is 2.98. The number of benzene rings is 1. The Bertz CT molecular complexity index is 835. The van der Waals surface area contributed by atoms with Crippen LogP contribution in [0, 0.1) is 5.82 Å². The Balaban J connectivity index is 1.78. The molecule has 0 saturated carbocycles. The third-order valence-electron chi connectivity index (χ3n) is 4.33. The highest BCUT2D eigenvalue weighted by Gasteiger charge is 2.35. The van der Waals surface area contributed by atoms with Gasteiger partial charge in [-0.15, -0.1) is 0 Å². The standard InChI is InChI=1S/C17H18ClF3N4OS/c1-17(9-26-7-11(8-27)23-17)12-4-10(2-3-14(12)19)22-5-15-13(18)6-25(24-15)16(20)21/h2-4,6,8,11,16,22-23H,5,7,9H2,1H3. The number of thiocarbonyl (C=S) groups is 1. The molecule has 1 fully saturated rings. The SMILES string of the molecule is CC1(c2cc(NCc3nn(C(F)F)cc3Cl)ccc2F)COCC(C=S)N1. The maximum Gasteiger partial charge on any atom is 0.333 e. The highest BCUT2D eigenvalue weighted by molar-refractivity contribution is 7.79. The van der Waals surface area contributed by atoms with Crippen LogP contribution in [0.15, 0.2) is 24.4 Å². The van der Waals surface area contributed by atoms with Crippen molar-refractivity contribution in [2.75, 3.05) is 18.5 Å². The topological polar surface area (TPSA) is 51.1 Å². The first-order valence-corrected chi connectivity index (χ1v) is 9.03. The van der Waals surface area contributed by atoms with Gasteiger partial charge in [0.25, 0.3) is 0 Å². The number of aromatic nitrogens is 2. The van der Waals surface area contributed by atoms with Crippen LogP contribution in [0.4, 0.5) is 18.9 Å². The molecule has 1 aliphatic heterocycles. The largest absolute Gasteiger partial charge is 0.379 e. The summed E-state index contributed by atoms with van der Waals surface area (Å²) in [7, 11) is 0. The molecule has 1 aliphatic rings. The van der Waals surface area contributed by atoms with Gasteiger partial charge in [-0.1, -0.05) is 23.8 Å². The van der Waals surface area contributed by atoms with Crippen molar-refractivity contribution in [3.05, 3.63) is 46.5 Å². The Morgan fingerprint density at radius 2 is 2.33 bits per heavy atom. The van der Waals surface area contributed by atoms with Gasteiger partial charge in [0.15, 0.2) is 0 Å². The lowest BCUT2D eigenvalue weighted by atomic mass is 9.90. The van der Waals surface area contributed by atoms with Gasteiger partial charge < -0.3 is 10.1 Å². The maximum absolute atomic E-state index is 14.5. The number of hydrogen-bond donors (Lipinski definition) is 2. The van der Waals surface area contributed by atoms with Gasteiger partial charge >= 0.3 is 6.55 Å². The minimum atomic E-state index is -2.76. The zero-order valence-corrected chi connectivity index (χ0v) is 16.0. The predicted molar refractivity (Wildman–Crippen MR) is 101 cm³/mol. The lowest BCUT2D eigenvalue weighted by molar-refractivity contribution is 0.0203. The summed E-state index contributed by atoms with van der Waals surface area (Å²) in [5.41, 5.74) is 0.531. The minimum absolute atomic E-state index is 0.118. The van der Waals surface area contributed by atoms with Crippen molar-refractivity contribution in [1.29, 1.82) is 0 Å². The molecule has 2 aromatic rings. The van der Waals surface area contributed by atoms with E-state index in [9.17, 15) is 13.2 Å². The average molecular weight is 419 g/mol. The normalized spacial score (nSPS) is 22.8. The van der Waals surface area contributed by atoms with Gasteiger partial charge in [0.1, 0.15) is 11.5 Å². The highest BCUT2D eigenvalue weighted by Crippen LogP contribution is 2.30. The summed E-state index contributed by atoms with van der Waals surface area (Å²) in [6.07, 6.45) is 1.06. The fraction of sp³-hybridized carbons (Fsp3) is 0.412. The Hall–Kier alpha value is -1.68. The monoisotopic (exact) mass is 418 g/mol. The van der Waals surface area contributed by atoms with Crippen LogP contribution in [0.1, 0.15) is 24.7 Å². The van der Waals surface area contributed by atoms with E-state index in [0.717, 1.165) is 6.20 Å². The molecule has 2 unspecified atom stereocenters. The van der Waals surface area contributed by atoms with Crippen LogP contribution in [-0.2, 0) is 16.8 Å². The first-order chi connectivity index (χ1) is 12.8. The lowest BCUT2D eigenvalue weighted by Gasteiger charge is -2.39. The van der Waals surface area contributed by atoms with Crippen LogP contribution in [0.25, 0.3) is 0 Å². The fourth-order valence-corrected chi connectivity index (χ4v) is 3.33. The lowest BCUT2D eigenvalue weighted by Crippen LogP contribution is -2.56. The first-order valence-electron chi connectivity index (χ1n) is 8.19. The number of ether oxygens (including phenoxy) is 1. The highest BCUT2D eigenvalue weighted by atomic mass is 35.5. The number of hydrogen-bond acceptors (Lipinski definition) is 5. The molecule has 2 atom stereocenters. The molecular formula is C17H18ClF3N4OS. The van der Waals surface area contributed by atoms with E-state index in [0.29, 0.717) is 22.5 Å². The van der Waals surface area contributed by atoms with Crippen LogP contribution in [0.5, 0.6) is 0 Å². The summed E-state index contributed by atoms with van der Waals surface area (Å²) in [6, 6.07) is 4.38. The third kappa shape index (κ3) is 4.43. The molecule has 27 heavy (non-hydrogen) atoms. The van der Waals surface area contributed by atoms with Crippen molar-refractivity contribution in [2.45, 2.75) is 31.6 Å². The van der Waals surface area contributed by atoms with Gasteiger partial charge in [0.05, 0.1) is 36.4 Å². The molecule has 1 saturated heterocycles. The molecular weight excluding hydrogens is 401 g/mol. The summed E-state index contributed by atoms with van der Waals surface area (Å²) < 4.78 is 45.9. The Morgan fingerprint density at radius 3 is 3.00 bits per heavy atom. The van der Waals surface area contributed by atoms with E-state index < -0.39 is 12.1 Å². The van der Waals surface area contributed by atoms with Gasteiger partial charge in [0, 0.05) is 17.4 Å². The Kier molecular flexibility index (Phi) is 6.05. The van der Waals surface area contributed by atoms with Gasteiger partial charge in [-0.3, -0.25) is 5.32 Å².